The van der Waals surface area contributed by atoms with Gasteiger partial charge in [-0.3, -0.25) is 0 Å². The molecule has 0 heterocycles. The summed E-state index contributed by atoms with van der Waals surface area (Å²) in [5.74, 6) is -0.546. The van der Waals surface area contributed by atoms with Gasteiger partial charge in [-0.1, -0.05) is 12.1 Å². The molecule has 0 radical (unpaired) electrons. The highest BCUT2D eigenvalue weighted by atomic mass is 19.4. The van der Waals surface area contributed by atoms with Crippen LogP contribution in [0.25, 0.3) is 11.1 Å². The zero-order valence-electron chi connectivity index (χ0n) is 11.0. The Morgan fingerprint density at radius 3 is 2.20 bits per heavy atom. The maximum atomic E-state index is 14.0. The van der Waals surface area contributed by atoms with Crippen molar-refractivity contribution in [2.45, 2.75) is 6.18 Å². The van der Waals surface area contributed by atoms with Crippen molar-refractivity contribution in [2.24, 2.45) is 0 Å². The van der Waals surface area contributed by atoms with Crippen LogP contribution in [0.4, 0.5) is 23.2 Å². The highest BCUT2D eigenvalue weighted by Gasteiger charge is 2.30. The van der Waals surface area contributed by atoms with Gasteiger partial charge < -0.3 is 4.90 Å². The van der Waals surface area contributed by atoms with Gasteiger partial charge >= 0.3 is 6.18 Å². The van der Waals surface area contributed by atoms with Crippen molar-refractivity contribution in [1.29, 1.82) is 0 Å². The van der Waals surface area contributed by atoms with E-state index in [2.05, 4.69) is 0 Å². The van der Waals surface area contributed by atoms with Gasteiger partial charge in [-0.2, -0.15) is 13.2 Å². The fraction of sp³-hybridized carbons (Fsp3) is 0.200. The molecule has 0 saturated heterocycles. The molecule has 2 aromatic rings. The van der Waals surface area contributed by atoms with Crippen molar-refractivity contribution in [3.05, 3.63) is 53.8 Å². The van der Waals surface area contributed by atoms with Crippen LogP contribution in [-0.4, -0.2) is 14.1 Å². The summed E-state index contributed by atoms with van der Waals surface area (Å²) >= 11 is 0. The van der Waals surface area contributed by atoms with Crippen LogP contribution in [0.3, 0.4) is 0 Å². The second-order valence-electron chi connectivity index (χ2n) is 4.64. The third-order valence-corrected chi connectivity index (χ3v) is 2.97. The van der Waals surface area contributed by atoms with Crippen molar-refractivity contribution in [2.75, 3.05) is 19.0 Å². The molecule has 106 valence electrons. The smallest absolute Gasteiger partial charge is 0.378 e. The minimum atomic E-state index is -4.43. The summed E-state index contributed by atoms with van der Waals surface area (Å²) in [5, 5.41) is 0. The van der Waals surface area contributed by atoms with E-state index in [-0.39, 0.29) is 11.1 Å². The van der Waals surface area contributed by atoms with Gasteiger partial charge in [0, 0.05) is 25.3 Å². The molecule has 0 saturated carbocycles. The molecule has 0 aliphatic heterocycles. The van der Waals surface area contributed by atoms with E-state index in [9.17, 15) is 17.6 Å². The molecule has 2 rings (SSSR count). The number of anilines is 1. The molecule has 0 aromatic heterocycles. The zero-order valence-corrected chi connectivity index (χ0v) is 11.0. The Morgan fingerprint density at radius 2 is 1.65 bits per heavy atom. The van der Waals surface area contributed by atoms with E-state index in [1.165, 1.54) is 24.3 Å². The SMILES string of the molecule is CN(C)c1ccc(-c2cccc(C(F)(F)F)c2)c(F)c1. The lowest BCUT2D eigenvalue weighted by atomic mass is 10.0. The van der Waals surface area contributed by atoms with Crippen LogP contribution in [0, 0.1) is 5.82 Å². The fourth-order valence-electron chi connectivity index (χ4n) is 1.88. The average Bonchev–Trinajstić information content (AvgIpc) is 2.37. The first kappa shape index (κ1) is 14.4. The van der Waals surface area contributed by atoms with Gasteiger partial charge in [0.05, 0.1) is 5.56 Å². The number of benzene rings is 2. The summed E-state index contributed by atoms with van der Waals surface area (Å²) < 4.78 is 52.0. The molecule has 0 atom stereocenters. The number of nitrogens with zero attached hydrogens (tertiary/aromatic N) is 1. The van der Waals surface area contributed by atoms with Crippen molar-refractivity contribution in [3.8, 4) is 11.1 Å². The maximum absolute atomic E-state index is 14.0. The Hall–Kier alpha value is -2.04. The van der Waals surface area contributed by atoms with Gasteiger partial charge in [0.25, 0.3) is 0 Å². The summed E-state index contributed by atoms with van der Waals surface area (Å²) in [5.41, 5.74) is 0.230. The van der Waals surface area contributed by atoms with Gasteiger partial charge in [-0.25, -0.2) is 4.39 Å². The molecule has 0 aliphatic carbocycles. The maximum Gasteiger partial charge on any atom is 0.416 e. The van der Waals surface area contributed by atoms with Crippen LogP contribution in [0.5, 0.6) is 0 Å². The van der Waals surface area contributed by atoms with E-state index >= 15 is 0 Å². The minimum absolute atomic E-state index is 0.154. The van der Waals surface area contributed by atoms with E-state index in [1.807, 2.05) is 0 Å². The zero-order chi connectivity index (χ0) is 14.9. The topological polar surface area (TPSA) is 3.24 Å². The summed E-state index contributed by atoms with van der Waals surface area (Å²) in [4.78, 5) is 1.72. The van der Waals surface area contributed by atoms with E-state index < -0.39 is 17.6 Å². The lowest BCUT2D eigenvalue weighted by molar-refractivity contribution is -0.137. The molecule has 0 aliphatic rings. The molecule has 20 heavy (non-hydrogen) atoms. The van der Waals surface area contributed by atoms with Gasteiger partial charge in [0.1, 0.15) is 5.82 Å². The molecule has 0 fully saturated rings. The molecule has 0 N–H and O–H groups in total. The van der Waals surface area contributed by atoms with Crippen molar-refractivity contribution in [3.63, 3.8) is 0 Å². The minimum Gasteiger partial charge on any atom is -0.378 e. The average molecular weight is 283 g/mol. The Bertz CT molecular complexity index is 618. The molecular weight excluding hydrogens is 270 g/mol. The number of alkyl halides is 3. The molecule has 1 nitrogen and oxygen atoms in total. The van der Waals surface area contributed by atoms with E-state index in [0.29, 0.717) is 5.69 Å². The Morgan fingerprint density at radius 1 is 0.950 bits per heavy atom. The predicted molar refractivity (Wildman–Crippen MR) is 71.2 cm³/mol. The normalized spacial score (nSPS) is 11.5. The summed E-state index contributed by atoms with van der Waals surface area (Å²) in [6.07, 6.45) is -4.43. The first-order valence-electron chi connectivity index (χ1n) is 5.93. The number of hydrogen-bond acceptors (Lipinski definition) is 1. The van der Waals surface area contributed by atoms with Gasteiger partial charge in [0.15, 0.2) is 0 Å². The predicted octanol–water partition coefficient (Wildman–Crippen LogP) is 4.58. The molecule has 0 spiro atoms. The van der Waals surface area contributed by atoms with Crippen LogP contribution in [-0.2, 0) is 6.18 Å². The quantitative estimate of drug-likeness (QED) is 0.729. The van der Waals surface area contributed by atoms with E-state index in [1.54, 1.807) is 25.1 Å². The van der Waals surface area contributed by atoms with Crippen molar-refractivity contribution >= 4 is 5.69 Å². The number of rotatable bonds is 2. The van der Waals surface area contributed by atoms with Crippen LogP contribution in [0.15, 0.2) is 42.5 Å². The first-order valence-corrected chi connectivity index (χ1v) is 5.93. The molecule has 0 amide bonds. The summed E-state index contributed by atoms with van der Waals surface area (Å²) in [6, 6.07) is 9.11. The van der Waals surface area contributed by atoms with Crippen molar-refractivity contribution < 1.29 is 17.6 Å². The van der Waals surface area contributed by atoms with Gasteiger partial charge in [0.2, 0.25) is 0 Å². The number of hydrogen-bond donors (Lipinski definition) is 0. The third kappa shape index (κ3) is 2.92. The standard InChI is InChI=1S/C15H13F4N/c1-20(2)12-6-7-13(14(16)9-12)10-4-3-5-11(8-10)15(17,18)19/h3-9H,1-2H3. The second-order valence-corrected chi connectivity index (χ2v) is 4.64. The van der Waals surface area contributed by atoms with E-state index in [0.717, 1.165) is 12.1 Å². The van der Waals surface area contributed by atoms with Crippen LogP contribution < -0.4 is 4.90 Å². The molecular formula is C15H13F4N. The first-order chi connectivity index (χ1) is 9.29. The second kappa shape index (κ2) is 5.15. The highest BCUT2D eigenvalue weighted by molar-refractivity contribution is 5.67. The van der Waals surface area contributed by atoms with Crippen molar-refractivity contribution in [1.82, 2.24) is 0 Å². The third-order valence-electron chi connectivity index (χ3n) is 2.97. The van der Waals surface area contributed by atoms with Gasteiger partial charge in [-0.05, 0) is 35.9 Å². The Balaban J connectivity index is 2.47. The molecule has 0 bridgehead atoms. The highest BCUT2D eigenvalue weighted by Crippen LogP contribution is 2.33. The summed E-state index contributed by atoms with van der Waals surface area (Å²) in [7, 11) is 3.53. The molecule has 0 unspecified atom stereocenters. The van der Waals surface area contributed by atoms with E-state index in [4.69, 9.17) is 0 Å². The Kier molecular flexibility index (Phi) is 3.70. The van der Waals surface area contributed by atoms with Gasteiger partial charge in [-0.15, -0.1) is 0 Å². The van der Waals surface area contributed by atoms with Crippen LogP contribution >= 0.6 is 0 Å². The number of halogens is 4. The lowest BCUT2D eigenvalue weighted by Crippen LogP contribution is -2.09. The molecule has 5 heteroatoms. The Labute approximate surface area is 114 Å². The van der Waals surface area contributed by atoms with Crippen LogP contribution in [0.1, 0.15) is 5.56 Å². The monoisotopic (exact) mass is 283 g/mol. The summed E-state index contributed by atoms with van der Waals surface area (Å²) in [6.45, 7) is 0. The van der Waals surface area contributed by atoms with Crippen LogP contribution in [0.2, 0.25) is 0 Å². The molecule has 2 aromatic carbocycles. The fourth-order valence-corrected chi connectivity index (χ4v) is 1.88. The lowest BCUT2D eigenvalue weighted by Gasteiger charge is -2.14. The largest absolute Gasteiger partial charge is 0.416 e.